The minimum absolute atomic E-state index is 0.348. The van der Waals surface area contributed by atoms with E-state index >= 15 is 0 Å². The standard InChI is InChI=1S/C22H23FN4O3/c1-3-20-19(13-24-27(20)14-16-7-5-4-6-8-16)22(29)26-25-21(28)15(2)30-18-11-9-17(23)10-12-18/h4-13,15H,3,14H2,1-2H3,(H,25,28)(H,26,29). The van der Waals surface area contributed by atoms with Gasteiger partial charge in [0.15, 0.2) is 6.10 Å². The molecule has 0 aliphatic carbocycles. The number of nitrogens with zero attached hydrogens (tertiary/aromatic N) is 2. The van der Waals surface area contributed by atoms with Crippen LogP contribution < -0.4 is 15.6 Å². The smallest absolute Gasteiger partial charge is 0.279 e. The first-order valence-electron chi connectivity index (χ1n) is 9.59. The summed E-state index contributed by atoms with van der Waals surface area (Å²) in [5, 5.41) is 4.32. The van der Waals surface area contributed by atoms with E-state index in [4.69, 9.17) is 4.74 Å². The number of benzene rings is 2. The monoisotopic (exact) mass is 410 g/mol. The van der Waals surface area contributed by atoms with Gasteiger partial charge in [-0.05, 0) is 43.2 Å². The molecule has 0 spiro atoms. The molecule has 2 aromatic carbocycles. The highest BCUT2D eigenvalue weighted by Gasteiger charge is 2.19. The molecule has 0 saturated heterocycles. The molecule has 8 heteroatoms. The van der Waals surface area contributed by atoms with Crippen LogP contribution in [0.3, 0.4) is 0 Å². The third kappa shape index (κ3) is 5.22. The molecule has 2 N–H and O–H groups in total. The second-order valence-electron chi connectivity index (χ2n) is 6.66. The van der Waals surface area contributed by atoms with Crippen molar-refractivity contribution in [2.75, 3.05) is 0 Å². The van der Waals surface area contributed by atoms with Crippen molar-refractivity contribution in [1.29, 1.82) is 0 Å². The maximum absolute atomic E-state index is 13.0. The molecule has 0 fully saturated rings. The zero-order valence-corrected chi connectivity index (χ0v) is 16.8. The van der Waals surface area contributed by atoms with Crippen LogP contribution in [0.5, 0.6) is 5.75 Å². The first kappa shape index (κ1) is 21.0. The number of hydrazine groups is 1. The van der Waals surface area contributed by atoms with Crippen LogP contribution in [0.25, 0.3) is 0 Å². The van der Waals surface area contributed by atoms with E-state index in [1.165, 1.54) is 37.4 Å². The molecule has 3 aromatic rings. The van der Waals surface area contributed by atoms with E-state index in [9.17, 15) is 14.0 Å². The fourth-order valence-electron chi connectivity index (χ4n) is 2.92. The Kier molecular flexibility index (Phi) is 6.79. The largest absolute Gasteiger partial charge is 0.481 e. The second kappa shape index (κ2) is 9.69. The lowest BCUT2D eigenvalue weighted by molar-refractivity contribution is -0.128. The second-order valence-corrected chi connectivity index (χ2v) is 6.66. The Hall–Kier alpha value is -3.68. The quantitative estimate of drug-likeness (QED) is 0.587. The van der Waals surface area contributed by atoms with Crippen molar-refractivity contribution in [3.05, 3.63) is 83.4 Å². The lowest BCUT2D eigenvalue weighted by Crippen LogP contribution is -2.47. The van der Waals surface area contributed by atoms with E-state index in [2.05, 4.69) is 16.0 Å². The zero-order valence-electron chi connectivity index (χ0n) is 16.8. The lowest BCUT2D eigenvalue weighted by Gasteiger charge is -2.15. The number of carbonyl (C=O) groups is 2. The molecular formula is C22H23FN4O3. The number of amides is 2. The van der Waals surface area contributed by atoms with Crippen LogP contribution in [0, 0.1) is 5.82 Å². The van der Waals surface area contributed by atoms with E-state index in [0.29, 0.717) is 24.3 Å². The van der Waals surface area contributed by atoms with Gasteiger partial charge in [-0.3, -0.25) is 25.1 Å². The summed E-state index contributed by atoms with van der Waals surface area (Å²) >= 11 is 0. The third-order valence-electron chi connectivity index (χ3n) is 4.50. The average molecular weight is 410 g/mol. The number of hydrogen-bond donors (Lipinski definition) is 2. The Morgan fingerprint density at radius 3 is 2.47 bits per heavy atom. The van der Waals surface area contributed by atoms with Crippen LogP contribution in [0.1, 0.15) is 35.5 Å². The van der Waals surface area contributed by atoms with Gasteiger partial charge >= 0.3 is 0 Å². The van der Waals surface area contributed by atoms with Gasteiger partial charge in [-0.1, -0.05) is 37.3 Å². The topological polar surface area (TPSA) is 85.2 Å². The Morgan fingerprint density at radius 1 is 1.10 bits per heavy atom. The van der Waals surface area contributed by atoms with Crippen molar-refractivity contribution >= 4 is 11.8 Å². The number of nitrogens with one attached hydrogen (secondary N) is 2. The van der Waals surface area contributed by atoms with Crippen molar-refractivity contribution in [3.63, 3.8) is 0 Å². The minimum Gasteiger partial charge on any atom is -0.481 e. The summed E-state index contributed by atoms with van der Waals surface area (Å²) in [7, 11) is 0. The average Bonchev–Trinajstić information content (AvgIpc) is 3.16. The highest BCUT2D eigenvalue weighted by molar-refractivity contribution is 5.96. The van der Waals surface area contributed by atoms with Crippen LogP contribution in [0.4, 0.5) is 4.39 Å². The molecule has 1 aromatic heterocycles. The predicted octanol–water partition coefficient (Wildman–Crippen LogP) is 2.86. The Balaban J connectivity index is 1.58. The van der Waals surface area contributed by atoms with Crippen LogP contribution in [0.15, 0.2) is 60.8 Å². The maximum atomic E-state index is 13.0. The van der Waals surface area contributed by atoms with Crippen LogP contribution in [0.2, 0.25) is 0 Å². The van der Waals surface area contributed by atoms with Gasteiger partial charge < -0.3 is 4.74 Å². The van der Waals surface area contributed by atoms with Crippen molar-refractivity contribution in [2.24, 2.45) is 0 Å². The van der Waals surface area contributed by atoms with E-state index in [1.54, 1.807) is 4.68 Å². The van der Waals surface area contributed by atoms with Gasteiger partial charge in [0.25, 0.3) is 11.8 Å². The van der Waals surface area contributed by atoms with E-state index in [-0.39, 0.29) is 0 Å². The van der Waals surface area contributed by atoms with Crippen molar-refractivity contribution < 1.29 is 18.7 Å². The van der Waals surface area contributed by atoms with Crippen LogP contribution >= 0.6 is 0 Å². The SMILES string of the molecule is CCc1c(C(=O)NNC(=O)C(C)Oc2ccc(F)cc2)cnn1Cc1ccccc1. The lowest BCUT2D eigenvalue weighted by atomic mass is 10.2. The molecule has 30 heavy (non-hydrogen) atoms. The van der Waals surface area contributed by atoms with Crippen LogP contribution in [-0.4, -0.2) is 27.7 Å². The van der Waals surface area contributed by atoms with Crippen LogP contribution in [-0.2, 0) is 17.8 Å². The molecule has 3 rings (SSSR count). The Bertz CT molecular complexity index is 1000. The van der Waals surface area contributed by atoms with Crippen molar-refractivity contribution in [2.45, 2.75) is 32.9 Å². The molecule has 0 saturated carbocycles. The van der Waals surface area contributed by atoms with Gasteiger partial charge in [-0.15, -0.1) is 0 Å². The van der Waals surface area contributed by atoms with Crippen molar-refractivity contribution in [1.82, 2.24) is 20.6 Å². The molecule has 1 heterocycles. The highest BCUT2D eigenvalue weighted by atomic mass is 19.1. The van der Waals surface area contributed by atoms with E-state index in [1.807, 2.05) is 37.3 Å². The molecule has 0 aliphatic rings. The number of aromatic nitrogens is 2. The van der Waals surface area contributed by atoms with E-state index in [0.717, 1.165) is 11.3 Å². The summed E-state index contributed by atoms with van der Waals surface area (Å²) in [6.07, 6.45) is 1.21. The number of hydrogen-bond acceptors (Lipinski definition) is 4. The molecular weight excluding hydrogens is 387 g/mol. The minimum atomic E-state index is -0.887. The van der Waals surface area contributed by atoms with Gasteiger partial charge in [0.2, 0.25) is 0 Å². The normalized spacial score (nSPS) is 11.6. The zero-order chi connectivity index (χ0) is 21.5. The number of ether oxygens (including phenoxy) is 1. The maximum Gasteiger partial charge on any atom is 0.279 e. The number of carbonyl (C=O) groups excluding carboxylic acids is 2. The molecule has 7 nitrogen and oxygen atoms in total. The summed E-state index contributed by atoms with van der Waals surface area (Å²) < 4.78 is 20.2. The predicted molar refractivity (Wildman–Crippen MR) is 109 cm³/mol. The summed E-state index contributed by atoms with van der Waals surface area (Å²) in [5.41, 5.74) is 6.97. The summed E-state index contributed by atoms with van der Waals surface area (Å²) in [6, 6.07) is 15.1. The fraction of sp³-hybridized carbons (Fsp3) is 0.227. The summed E-state index contributed by atoms with van der Waals surface area (Å²) in [6.45, 7) is 4.01. The molecule has 1 atom stereocenters. The fourth-order valence-corrected chi connectivity index (χ4v) is 2.92. The first-order chi connectivity index (χ1) is 14.5. The van der Waals surface area contributed by atoms with E-state index < -0.39 is 23.7 Å². The number of rotatable bonds is 7. The molecule has 2 amide bonds. The summed E-state index contributed by atoms with van der Waals surface area (Å²) in [5.74, 6) is -1.05. The first-order valence-corrected chi connectivity index (χ1v) is 9.59. The summed E-state index contributed by atoms with van der Waals surface area (Å²) in [4.78, 5) is 24.8. The molecule has 0 radical (unpaired) electrons. The van der Waals surface area contributed by atoms with Gasteiger partial charge in [0, 0.05) is 0 Å². The van der Waals surface area contributed by atoms with Crippen molar-refractivity contribution in [3.8, 4) is 5.75 Å². The van der Waals surface area contributed by atoms with Gasteiger partial charge in [0.1, 0.15) is 11.6 Å². The Labute approximate surface area is 173 Å². The molecule has 156 valence electrons. The molecule has 0 aliphatic heterocycles. The van der Waals surface area contributed by atoms with Gasteiger partial charge in [0.05, 0.1) is 24.0 Å². The highest BCUT2D eigenvalue weighted by Crippen LogP contribution is 2.14. The third-order valence-corrected chi connectivity index (χ3v) is 4.50. The Morgan fingerprint density at radius 2 is 1.80 bits per heavy atom. The molecule has 0 bridgehead atoms. The molecule has 1 unspecified atom stereocenters. The number of halogens is 1. The van der Waals surface area contributed by atoms with Gasteiger partial charge in [-0.25, -0.2) is 4.39 Å². The van der Waals surface area contributed by atoms with Gasteiger partial charge in [-0.2, -0.15) is 5.10 Å².